The van der Waals surface area contributed by atoms with Crippen LogP contribution >= 0.6 is 11.8 Å². The molecule has 0 fully saturated rings. The minimum Gasteiger partial charge on any atom is -0.462 e. The highest BCUT2D eigenvalue weighted by atomic mass is 32.2. The van der Waals surface area contributed by atoms with Gasteiger partial charge in [0.25, 0.3) is 0 Å². The van der Waals surface area contributed by atoms with Gasteiger partial charge in [-0.2, -0.15) is 0 Å². The number of hydrogen-bond donors (Lipinski definition) is 0. The van der Waals surface area contributed by atoms with Crippen molar-refractivity contribution in [1.29, 1.82) is 0 Å². The van der Waals surface area contributed by atoms with E-state index >= 15 is 0 Å². The fourth-order valence-electron chi connectivity index (χ4n) is 2.88. The molecule has 130 valence electrons. The van der Waals surface area contributed by atoms with Crippen molar-refractivity contribution >= 4 is 28.6 Å². The van der Waals surface area contributed by atoms with Crippen LogP contribution in [0, 0.1) is 0 Å². The lowest BCUT2D eigenvalue weighted by molar-refractivity contribution is -0.139. The zero-order valence-corrected chi connectivity index (χ0v) is 15.1. The maximum Gasteiger partial charge on any atom is 0.343 e. The van der Waals surface area contributed by atoms with E-state index in [-0.39, 0.29) is 18.0 Å². The van der Waals surface area contributed by atoms with Crippen molar-refractivity contribution in [3.05, 3.63) is 58.8 Å². The molecule has 6 heteroatoms. The molecule has 0 radical (unpaired) electrons. The van der Waals surface area contributed by atoms with Gasteiger partial charge < -0.3 is 4.74 Å². The molecule has 1 aromatic carbocycles. The minimum absolute atomic E-state index is 0.0197. The van der Waals surface area contributed by atoms with Crippen molar-refractivity contribution in [2.75, 3.05) is 26.0 Å². The molecule has 2 aliphatic heterocycles. The summed E-state index contributed by atoms with van der Waals surface area (Å²) >= 11 is 1.55. The molecule has 2 heterocycles. The highest BCUT2D eigenvalue weighted by Gasteiger charge is 2.35. The van der Waals surface area contributed by atoms with Crippen molar-refractivity contribution in [2.45, 2.75) is 13.5 Å². The number of fused-ring (bicyclic) bond motifs is 1. The normalized spacial score (nSPS) is 16.7. The summed E-state index contributed by atoms with van der Waals surface area (Å²) in [7, 11) is 2.02. The van der Waals surface area contributed by atoms with E-state index in [9.17, 15) is 9.59 Å². The molecule has 0 N–H and O–H groups in total. The predicted molar refractivity (Wildman–Crippen MR) is 99.4 cm³/mol. The third-order valence-electron chi connectivity index (χ3n) is 3.98. The lowest BCUT2D eigenvalue weighted by Gasteiger charge is -2.18. The Hall–Kier alpha value is -2.18. The standard InChI is InChI=1S/C19H20N2O3S/c1-3-24-19(23)15-9-20-18-16(17(15)22)14(12-25-18)11-21(2)10-13-7-5-4-6-8-13/h4-9H,3,10-12H2,1-2H3. The van der Waals surface area contributed by atoms with Crippen LogP contribution < -0.4 is 0 Å². The van der Waals surface area contributed by atoms with Crippen LogP contribution in [0.15, 0.2) is 58.2 Å². The molecule has 25 heavy (non-hydrogen) atoms. The van der Waals surface area contributed by atoms with E-state index in [4.69, 9.17) is 4.74 Å². The van der Waals surface area contributed by atoms with Crippen LogP contribution in [-0.2, 0) is 20.9 Å². The van der Waals surface area contributed by atoms with Crippen LogP contribution in [0.2, 0.25) is 0 Å². The van der Waals surface area contributed by atoms with Gasteiger partial charge in [0.1, 0.15) is 10.6 Å². The summed E-state index contributed by atoms with van der Waals surface area (Å²) in [5.74, 6) is -0.142. The number of hydrogen-bond acceptors (Lipinski definition) is 6. The van der Waals surface area contributed by atoms with E-state index < -0.39 is 5.97 Å². The van der Waals surface area contributed by atoms with Crippen LogP contribution in [0.5, 0.6) is 0 Å². The van der Waals surface area contributed by atoms with E-state index in [1.807, 2.05) is 25.2 Å². The second kappa shape index (κ2) is 7.80. The first kappa shape index (κ1) is 17.6. The molecule has 0 spiro atoms. The van der Waals surface area contributed by atoms with Gasteiger partial charge in [-0.15, -0.1) is 11.8 Å². The highest BCUT2D eigenvalue weighted by molar-refractivity contribution is 8.15. The third kappa shape index (κ3) is 3.91. The zero-order chi connectivity index (χ0) is 17.8. The first-order valence-corrected chi connectivity index (χ1v) is 9.16. The van der Waals surface area contributed by atoms with Crippen LogP contribution in [0.3, 0.4) is 0 Å². The number of ketones is 1. The Balaban J connectivity index is 1.76. The zero-order valence-electron chi connectivity index (χ0n) is 14.3. The smallest absolute Gasteiger partial charge is 0.343 e. The lowest BCUT2D eigenvalue weighted by atomic mass is 9.98. The Bertz CT molecular complexity index is 781. The number of aliphatic imine (C=N–C) groups is 1. The number of thioether (sulfide) groups is 1. The molecule has 0 saturated heterocycles. The van der Waals surface area contributed by atoms with Gasteiger partial charge >= 0.3 is 5.97 Å². The van der Waals surface area contributed by atoms with Gasteiger partial charge in [0.15, 0.2) is 0 Å². The molecule has 0 aromatic heterocycles. The average Bonchev–Trinajstić information content (AvgIpc) is 3.00. The molecular weight excluding hydrogens is 336 g/mol. The molecule has 0 aliphatic carbocycles. The molecule has 0 unspecified atom stereocenters. The highest BCUT2D eigenvalue weighted by Crippen LogP contribution is 2.33. The number of likely N-dealkylation sites (N-methyl/N-ethyl adjacent to an activating group) is 1. The quantitative estimate of drug-likeness (QED) is 0.579. The summed E-state index contributed by atoms with van der Waals surface area (Å²) in [5.41, 5.74) is 2.83. The fourth-order valence-corrected chi connectivity index (χ4v) is 3.94. The number of esters is 1. The number of ether oxygens (including phenoxy) is 1. The minimum atomic E-state index is -0.600. The second-order valence-corrected chi connectivity index (χ2v) is 6.92. The number of Topliss-reactive ketones (excluding diaryl/α,β-unsaturated/α-hetero) is 1. The van der Waals surface area contributed by atoms with E-state index in [0.29, 0.717) is 17.2 Å². The Morgan fingerprint density at radius 1 is 1.28 bits per heavy atom. The molecule has 0 bridgehead atoms. The maximum atomic E-state index is 12.7. The topological polar surface area (TPSA) is 59.0 Å². The fraction of sp³-hybridized carbons (Fsp3) is 0.316. The van der Waals surface area contributed by atoms with E-state index in [1.54, 1.807) is 18.7 Å². The Morgan fingerprint density at radius 2 is 2.04 bits per heavy atom. The number of nitrogens with zero attached hydrogens (tertiary/aromatic N) is 2. The van der Waals surface area contributed by atoms with Gasteiger partial charge in [-0.05, 0) is 25.1 Å². The summed E-state index contributed by atoms with van der Waals surface area (Å²) in [5, 5.41) is 0.709. The number of rotatable bonds is 6. The van der Waals surface area contributed by atoms with Gasteiger partial charge in [0.2, 0.25) is 5.78 Å². The van der Waals surface area contributed by atoms with E-state index in [0.717, 1.165) is 17.9 Å². The Morgan fingerprint density at radius 3 is 2.76 bits per heavy atom. The van der Waals surface area contributed by atoms with Crippen LogP contribution in [0.1, 0.15) is 12.5 Å². The van der Waals surface area contributed by atoms with Crippen LogP contribution in [-0.4, -0.2) is 47.6 Å². The molecule has 0 atom stereocenters. The van der Waals surface area contributed by atoms with Gasteiger partial charge in [0, 0.05) is 25.0 Å². The lowest BCUT2D eigenvalue weighted by Crippen LogP contribution is -2.26. The van der Waals surface area contributed by atoms with Gasteiger partial charge in [-0.25, -0.2) is 9.79 Å². The SMILES string of the molecule is CCOC(=O)C1=CN=C2SCC(CN(C)Cc3ccccc3)=C2C1=O. The van der Waals surface area contributed by atoms with Gasteiger partial charge in [-0.1, -0.05) is 30.3 Å². The Labute approximate surface area is 151 Å². The summed E-state index contributed by atoms with van der Waals surface area (Å²) in [4.78, 5) is 31.1. The molecule has 5 nitrogen and oxygen atoms in total. The monoisotopic (exact) mass is 356 g/mol. The first-order valence-electron chi connectivity index (χ1n) is 8.17. The predicted octanol–water partition coefficient (Wildman–Crippen LogP) is 2.59. The van der Waals surface area contributed by atoms with Crippen molar-refractivity contribution in [1.82, 2.24) is 4.90 Å². The average molecular weight is 356 g/mol. The first-order chi connectivity index (χ1) is 12.1. The largest absolute Gasteiger partial charge is 0.462 e. The van der Waals surface area contributed by atoms with Crippen LogP contribution in [0.25, 0.3) is 0 Å². The summed E-state index contributed by atoms with van der Waals surface area (Å²) in [6, 6.07) is 10.2. The molecule has 0 amide bonds. The van der Waals surface area contributed by atoms with E-state index in [1.165, 1.54) is 11.8 Å². The van der Waals surface area contributed by atoms with Crippen molar-refractivity contribution < 1.29 is 14.3 Å². The summed E-state index contributed by atoms with van der Waals surface area (Å²) in [6.07, 6.45) is 1.34. The molecule has 1 aromatic rings. The summed E-state index contributed by atoms with van der Waals surface area (Å²) in [6.45, 7) is 3.41. The van der Waals surface area contributed by atoms with Crippen LogP contribution in [0.4, 0.5) is 0 Å². The van der Waals surface area contributed by atoms with E-state index in [2.05, 4.69) is 22.0 Å². The summed E-state index contributed by atoms with van der Waals surface area (Å²) < 4.78 is 4.96. The molecule has 2 aliphatic rings. The Kier molecular flexibility index (Phi) is 5.50. The van der Waals surface area contributed by atoms with Gasteiger partial charge in [0.05, 0.1) is 12.2 Å². The number of benzene rings is 1. The number of carbonyl (C=O) groups excluding carboxylic acids is 2. The second-order valence-electron chi connectivity index (χ2n) is 5.95. The maximum absolute atomic E-state index is 12.7. The third-order valence-corrected chi connectivity index (χ3v) is 5.06. The van der Waals surface area contributed by atoms with Crippen molar-refractivity contribution in [3.8, 4) is 0 Å². The molecule has 0 saturated carbocycles. The van der Waals surface area contributed by atoms with Crippen molar-refractivity contribution in [2.24, 2.45) is 4.99 Å². The number of carbonyl (C=O) groups is 2. The molecule has 3 rings (SSSR count). The molecular formula is C19H20N2O3S. The van der Waals surface area contributed by atoms with Crippen molar-refractivity contribution in [3.63, 3.8) is 0 Å². The van der Waals surface area contributed by atoms with Gasteiger partial charge in [-0.3, -0.25) is 9.69 Å².